The van der Waals surface area contributed by atoms with Crippen molar-refractivity contribution in [3.8, 4) is 0 Å². The molecule has 6 rings (SSSR count). The summed E-state index contributed by atoms with van der Waals surface area (Å²) in [5.74, 6) is 0. The molecule has 0 atom stereocenters. The SMILES string of the molecule is [C-]1=CC=CC1.[Cl-].[Cl-].[Si].[Zr+2].[c-]1ccccc1.[c-]1ccccc1.c1ccc2c(c1)[cH-]c1ccccc12. The fourth-order valence-electron chi connectivity index (χ4n) is 2.93. The van der Waals surface area contributed by atoms with Crippen LogP contribution in [0.5, 0.6) is 0 Å². The molecule has 170 valence electrons. The summed E-state index contributed by atoms with van der Waals surface area (Å²) in [7, 11) is 0. The zero-order chi connectivity index (χ0) is 20.7. The molecular formula is C30H24Cl2SiZr-4. The minimum atomic E-state index is 0. The second-order valence-corrected chi connectivity index (χ2v) is 6.48. The summed E-state index contributed by atoms with van der Waals surface area (Å²) in [5.41, 5.74) is 0. The number of rotatable bonds is 0. The van der Waals surface area contributed by atoms with Gasteiger partial charge in [-0.25, -0.2) is 12.2 Å². The Morgan fingerprint density at radius 1 is 0.588 bits per heavy atom. The van der Waals surface area contributed by atoms with E-state index in [0.29, 0.717) is 0 Å². The van der Waals surface area contributed by atoms with Gasteiger partial charge >= 0.3 is 26.2 Å². The Hall–Kier alpha value is -2.09. The van der Waals surface area contributed by atoms with Gasteiger partial charge in [0.2, 0.25) is 0 Å². The summed E-state index contributed by atoms with van der Waals surface area (Å²) in [6.45, 7) is 0. The molecule has 0 aliphatic heterocycles. The van der Waals surface area contributed by atoms with E-state index in [1.165, 1.54) is 21.5 Å². The van der Waals surface area contributed by atoms with Crippen molar-refractivity contribution in [3.05, 3.63) is 152 Å². The molecule has 0 heterocycles. The van der Waals surface area contributed by atoms with Crippen LogP contribution in [0.15, 0.2) is 133 Å². The van der Waals surface area contributed by atoms with E-state index < -0.39 is 0 Å². The maximum atomic E-state index is 2.99. The first-order chi connectivity index (χ1) is 14.9. The molecule has 0 saturated heterocycles. The van der Waals surface area contributed by atoms with Crippen LogP contribution in [-0.4, -0.2) is 11.0 Å². The largest absolute Gasteiger partial charge is 2.00 e. The normalized spacial score (nSPS) is 9.65. The van der Waals surface area contributed by atoms with Gasteiger partial charge in [-0.15, -0.1) is 46.2 Å². The maximum absolute atomic E-state index is 2.99. The summed E-state index contributed by atoms with van der Waals surface area (Å²) in [5, 5.41) is 5.39. The maximum Gasteiger partial charge on any atom is 2.00 e. The number of fused-ring (bicyclic) bond motifs is 3. The van der Waals surface area contributed by atoms with Crippen LogP contribution in [0.1, 0.15) is 6.42 Å². The minimum Gasteiger partial charge on any atom is -1.00 e. The first kappa shape index (κ1) is 34.1. The summed E-state index contributed by atoms with van der Waals surface area (Å²) in [4.78, 5) is 0. The molecule has 1 aliphatic rings. The molecule has 1 aliphatic carbocycles. The van der Waals surface area contributed by atoms with Gasteiger partial charge in [-0.1, -0.05) is 36.4 Å². The molecule has 5 aromatic rings. The number of hydrogen-bond acceptors (Lipinski definition) is 0. The predicted molar refractivity (Wildman–Crippen MR) is 135 cm³/mol. The molecule has 0 nitrogen and oxygen atoms in total. The molecule has 0 amide bonds. The predicted octanol–water partition coefficient (Wildman–Crippen LogP) is 1.62. The van der Waals surface area contributed by atoms with Gasteiger partial charge in [0.05, 0.1) is 0 Å². The molecule has 0 fully saturated rings. The fourth-order valence-corrected chi connectivity index (χ4v) is 2.93. The Morgan fingerprint density at radius 2 is 1.03 bits per heavy atom. The quantitative estimate of drug-likeness (QED) is 0.195. The third-order valence-corrected chi connectivity index (χ3v) is 4.32. The molecule has 0 bridgehead atoms. The Morgan fingerprint density at radius 3 is 1.29 bits per heavy atom. The van der Waals surface area contributed by atoms with Crippen LogP contribution >= 0.6 is 0 Å². The number of hydrogen-bond donors (Lipinski definition) is 0. The minimum absolute atomic E-state index is 0. The van der Waals surface area contributed by atoms with Crippen molar-refractivity contribution in [2.75, 3.05) is 0 Å². The molecule has 0 aromatic heterocycles. The molecule has 34 heavy (non-hydrogen) atoms. The van der Waals surface area contributed by atoms with Gasteiger partial charge in [-0.2, -0.15) is 78.9 Å². The molecular weight excluding hydrogens is 551 g/mol. The van der Waals surface area contributed by atoms with Crippen molar-refractivity contribution in [2.45, 2.75) is 6.42 Å². The van der Waals surface area contributed by atoms with E-state index in [2.05, 4.69) is 78.9 Å². The van der Waals surface area contributed by atoms with Crippen LogP contribution < -0.4 is 24.8 Å². The first-order valence-corrected chi connectivity index (χ1v) is 10.0. The molecule has 0 saturated carbocycles. The standard InChI is InChI=1S/C13H9.2C6H5.C5H5.2ClH.Si.Zr/c1-3-7-12-10(5-1)9-11-6-2-4-8-13(11)12;2*1-2-4-6-5-3-1;1-2-4-5-3-1;;;;/h1-9H;2*1-5H;1-3H,4H2;2*1H;;/q4*-1;;;;+2/p-2. The number of benzene rings is 4. The Labute approximate surface area is 240 Å². The fraction of sp³-hybridized carbons (Fsp3) is 0.0333. The van der Waals surface area contributed by atoms with Gasteiger partial charge in [0.15, 0.2) is 0 Å². The van der Waals surface area contributed by atoms with Crippen molar-refractivity contribution >= 4 is 32.5 Å². The van der Waals surface area contributed by atoms with E-state index in [0.717, 1.165) is 6.42 Å². The smallest absolute Gasteiger partial charge is 1.00 e. The summed E-state index contributed by atoms with van der Waals surface area (Å²) >= 11 is 0. The molecule has 5 aromatic carbocycles. The number of allylic oxidation sites excluding steroid dienone is 4. The molecule has 4 heteroatoms. The van der Waals surface area contributed by atoms with Gasteiger partial charge in [-0.05, 0) is 0 Å². The third kappa shape index (κ3) is 12.4. The van der Waals surface area contributed by atoms with Gasteiger partial charge in [0, 0.05) is 11.0 Å². The van der Waals surface area contributed by atoms with E-state index in [9.17, 15) is 0 Å². The van der Waals surface area contributed by atoms with E-state index in [4.69, 9.17) is 0 Å². The summed E-state index contributed by atoms with van der Waals surface area (Å²) < 4.78 is 0. The second-order valence-electron chi connectivity index (χ2n) is 6.48. The van der Waals surface area contributed by atoms with Gasteiger partial charge < -0.3 is 24.8 Å². The van der Waals surface area contributed by atoms with Crippen molar-refractivity contribution < 1.29 is 51.0 Å². The van der Waals surface area contributed by atoms with Crippen molar-refractivity contribution in [2.24, 2.45) is 0 Å². The monoisotopic (exact) mass is 572 g/mol. The van der Waals surface area contributed by atoms with Crippen LogP contribution in [0.2, 0.25) is 0 Å². The van der Waals surface area contributed by atoms with Gasteiger partial charge in [-0.3, -0.25) is 6.08 Å². The Bertz CT molecular complexity index is 1020. The molecule has 0 spiro atoms. The Kier molecular flexibility index (Phi) is 21.5. The first-order valence-electron chi connectivity index (χ1n) is 10.0. The van der Waals surface area contributed by atoms with Crippen molar-refractivity contribution in [1.82, 2.24) is 0 Å². The average Bonchev–Trinajstić information content (AvgIpc) is 3.54. The van der Waals surface area contributed by atoms with Crippen molar-refractivity contribution in [1.29, 1.82) is 0 Å². The van der Waals surface area contributed by atoms with Crippen LogP contribution in [0.3, 0.4) is 0 Å². The van der Waals surface area contributed by atoms with Crippen LogP contribution in [-0.2, 0) is 26.2 Å². The van der Waals surface area contributed by atoms with Crippen molar-refractivity contribution in [3.63, 3.8) is 0 Å². The Balaban J connectivity index is 0. The third-order valence-electron chi connectivity index (χ3n) is 4.32. The summed E-state index contributed by atoms with van der Waals surface area (Å²) in [6, 6.07) is 44.3. The van der Waals surface area contributed by atoms with E-state index in [1.807, 2.05) is 72.8 Å². The topological polar surface area (TPSA) is 0 Å². The molecule has 4 radical (unpaired) electrons. The number of halogens is 2. The molecule has 0 unspecified atom stereocenters. The van der Waals surface area contributed by atoms with E-state index >= 15 is 0 Å². The van der Waals surface area contributed by atoms with Crippen LogP contribution in [0, 0.1) is 18.2 Å². The van der Waals surface area contributed by atoms with Gasteiger partial charge in [0.1, 0.15) is 0 Å². The molecule has 0 N–H and O–H groups in total. The van der Waals surface area contributed by atoms with E-state index in [-0.39, 0.29) is 62.0 Å². The zero-order valence-corrected chi connectivity index (χ0v) is 23.6. The van der Waals surface area contributed by atoms with Gasteiger partial charge in [0.25, 0.3) is 0 Å². The second kappa shape index (κ2) is 21.4. The summed E-state index contributed by atoms with van der Waals surface area (Å²) in [6.07, 6.45) is 10.0. The van der Waals surface area contributed by atoms with E-state index in [1.54, 1.807) is 0 Å². The van der Waals surface area contributed by atoms with Crippen LogP contribution in [0.4, 0.5) is 0 Å². The van der Waals surface area contributed by atoms with Crippen LogP contribution in [0.25, 0.3) is 21.5 Å². The average molecular weight is 575 g/mol. The zero-order valence-electron chi connectivity index (χ0n) is 18.7.